The standard InChI is InChI=1S/C13H22N2O4/c1-3-8-5-9(10(6-8)13(18)19)12(17)15-7(2)4-11(14)16/h7-10H,3-6H2,1-2H3,(H2,14,16)(H,15,17)(H,18,19)/t7?,8?,9-,10+/m0/s1. The molecule has 0 bridgehead atoms. The van der Waals surface area contributed by atoms with Crippen molar-refractivity contribution in [2.45, 2.75) is 45.6 Å². The second-order valence-electron chi connectivity index (χ2n) is 5.38. The number of aliphatic carboxylic acids is 1. The van der Waals surface area contributed by atoms with Gasteiger partial charge in [0.15, 0.2) is 0 Å². The first-order chi connectivity index (χ1) is 8.85. The van der Waals surface area contributed by atoms with Crippen LogP contribution in [0.15, 0.2) is 0 Å². The predicted molar refractivity (Wildman–Crippen MR) is 69.0 cm³/mol. The lowest BCUT2D eigenvalue weighted by molar-refractivity contribution is -0.146. The molecule has 1 saturated carbocycles. The van der Waals surface area contributed by atoms with Crippen LogP contribution in [0, 0.1) is 17.8 Å². The number of amides is 2. The molecule has 108 valence electrons. The van der Waals surface area contributed by atoms with Crippen LogP contribution in [-0.4, -0.2) is 28.9 Å². The van der Waals surface area contributed by atoms with E-state index in [2.05, 4.69) is 5.32 Å². The SMILES string of the molecule is CCC1C[C@H](C(=O)NC(C)CC(N)=O)[C@H](C(=O)O)C1. The highest BCUT2D eigenvalue weighted by Gasteiger charge is 2.42. The molecule has 0 aromatic heterocycles. The van der Waals surface area contributed by atoms with E-state index in [-0.39, 0.29) is 24.3 Å². The van der Waals surface area contributed by atoms with Gasteiger partial charge < -0.3 is 16.2 Å². The van der Waals surface area contributed by atoms with E-state index in [1.807, 2.05) is 6.92 Å². The first-order valence-corrected chi connectivity index (χ1v) is 6.66. The zero-order valence-corrected chi connectivity index (χ0v) is 11.4. The Balaban J connectivity index is 2.63. The number of carboxylic acids is 1. The normalized spacial score (nSPS) is 27.8. The zero-order chi connectivity index (χ0) is 14.6. The van der Waals surface area contributed by atoms with E-state index in [1.165, 1.54) is 0 Å². The van der Waals surface area contributed by atoms with Crippen molar-refractivity contribution in [3.8, 4) is 0 Å². The van der Waals surface area contributed by atoms with E-state index in [0.29, 0.717) is 12.8 Å². The van der Waals surface area contributed by atoms with E-state index >= 15 is 0 Å². The Morgan fingerprint density at radius 2 is 1.89 bits per heavy atom. The molecule has 0 radical (unpaired) electrons. The monoisotopic (exact) mass is 270 g/mol. The molecule has 1 aliphatic carbocycles. The summed E-state index contributed by atoms with van der Waals surface area (Å²) in [4.78, 5) is 34.0. The molecule has 6 heteroatoms. The van der Waals surface area contributed by atoms with Gasteiger partial charge in [-0.05, 0) is 25.7 Å². The minimum absolute atomic E-state index is 0.0629. The Morgan fingerprint density at radius 1 is 1.32 bits per heavy atom. The third-order valence-electron chi connectivity index (χ3n) is 3.79. The lowest BCUT2D eigenvalue weighted by Crippen LogP contribution is -2.41. The second kappa shape index (κ2) is 6.54. The smallest absolute Gasteiger partial charge is 0.307 e. The van der Waals surface area contributed by atoms with Crippen LogP contribution in [0.2, 0.25) is 0 Å². The highest BCUT2D eigenvalue weighted by Crippen LogP contribution is 2.38. The Bertz CT molecular complexity index is 370. The van der Waals surface area contributed by atoms with Crippen molar-refractivity contribution in [2.75, 3.05) is 0 Å². The van der Waals surface area contributed by atoms with Crippen LogP contribution >= 0.6 is 0 Å². The molecule has 1 rings (SSSR count). The van der Waals surface area contributed by atoms with Gasteiger partial charge in [0.1, 0.15) is 0 Å². The van der Waals surface area contributed by atoms with E-state index in [1.54, 1.807) is 6.92 Å². The number of primary amides is 1. The molecule has 0 aromatic carbocycles. The number of carbonyl (C=O) groups is 3. The highest BCUT2D eigenvalue weighted by atomic mass is 16.4. The van der Waals surface area contributed by atoms with Gasteiger partial charge in [0.05, 0.1) is 11.8 Å². The summed E-state index contributed by atoms with van der Waals surface area (Å²) in [5.74, 6) is -2.53. The summed E-state index contributed by atoms with van der Waals surface area (Å²) in [7, 11) is 0. The molecule has 4 atom stereocenters. The summed E-state index contributed by atoms with van der Waals surface area (Å²) >= 11 is 0. The van der Waals surface area contributed by atoms with Crippen molar-refractivity contribution in [1.29, 1.82) is 0 Å². The second-order valence-corrected chi connectivity index (χ2v) is 5.38. The van der Waals surface area contributed by atoms with Crippen molar-refractivity contribution >= 4 is 17.8 Å². The number of nitrogens with two attached hydrogens (primary N) is 1. The number of carbonyl (C=O) groups excluding carboxylic acids is 2. The number of carboxylic acid groups (broad SMARTS) is 1. The van der Waals surface area contributed by atoms with Crippen molar-refractivity contribution in [3.63, 3.8) is 0 Å². The van der Waals surface area contributed by atoms with Crippen LogP contribution in [0.5, 0.6) is 0 Å². The molecule has 6 nitrogen and oxygen atoms in total. The lowest BCUT2D eigenvalue weighted by atomic mass is 9.95. The van der Waals surface area contributed by atoms with E-state index < -0.39 is 23.7 Å². The molecule has 0 spiro atoms. The summed E-state index contributed by atoms with van der Waals surface area (Å²) in [5, 5.41) is 11.9. The molecular formula is C13H22N2O4. The molecule has 2 unspecified atom stereocenters. The van der Waals surface area contributed by atoms with Gasteiger partial charge in [-0.15, -0.1) is 0 Å². The maximum Gasteiger partial charge on any atom is 0.307 e. The van der Waals surface area contributed by atoms with Crippen LogP contribution in [0.3, 0.4) is 0 Å². The zero-order valence-electron chi connectivity index (χ0n) is 11.4. The average Bonchev–Trinajstić information content (AvgIpc) is 2.71. The maximum absolute atomic E-state index is 12.1. The van der Waals surface area contributed by atoms with Crippen LogP contribution in [0.25, 0.3) is 0 Å². The fraction of sp³-hybridized carbons (Fsp3) is 0.769. The molecule has 19 heavy (non-hydrogen) atoms. The summed E-state index contributed by atoms with van der Waals surface area (Å²) in [6.07, 6.45) is 2.09. The molecule has 0 aromatic rings. The van der Waals surface area contributed by atoms with Gasteiger partial charge in [0.25, 0.3) is 0 Å². The van der Waals surface area contributed by atoms with Gasteiger partial charge in [-0.2, -0.15) is 0 Å². The summed E-state index contributed by atoms with van der Waals surface area (Å²) in [6, 6.07) is -0.361. The Hall–Kier alpha value is -1.59. The minimum Gasteiger partial charge on any atom is -0.481 e. The first kappa shape index (κ1) is 15.5. The third kappa shape index (κ3) is 4.22. The number of rotatable bonds is 6. The van der Waals surface area contributed by atoms with Gasteiger partial charge in [0, 0.05) is 12.5 Å². The minimum atomic E-state index is -0.918. The van der Waals surface area contributed by atoms with Crippen molar-refractivity contribution in [1.82, 2.24) is 5.32 Å². The highest BCUT2D eigenvalue weighted by molar-refractivity contribution is 5.86. The molecule has 0 aliphatic heterocycles. The molecule has 0 saturated heterocycles. The average molecular weight is 270 g/mol. The van der Waals surface area contributed by atoms with E-state index in [9.17, 15) is 19.5 Å². The van der Waals surface area contributed by atoms with Gasteiger partial charge in [-0.25, -0.2) is 0 Å². The van der Waals surface area contributed by atoms with Crippen molar-refractivity contribution in [2.24, 2.45) is 23.5 Å². The number of nitrogens with one attached hydrogen (secondary N) is 1. The van der Waals surface area contributed by atoms with Crippen LogP contribution in [-0.2, 0) is 14.4 Å². The topological polar surface area (TPSA) is 109 Å². The fourth-order valence-electron chi connectivity index (χ4n) is 2.74. The van der Waals surface area contributed by atoms with Gasteiger partial charge in [-0.3, -0.25) is 14.4 Å². The maximum atomic E-state index is 12.1. The largest absolute Gasteiger partial charge is 0.481 e. The Kier molecular flexibility index (Phi) is 5.32. The summed E-state index contributed by atoms with van der Waals surface area (Å²) < 4.78 is 0. The molecule has 4 N–H and O–H groups in total. The Labute approximate surface area is 112 Å². The molecule has 1 aliphatic rings. The number of hydrogen-bond acceptors (Lipinski definition) is 3. The summed E-state index contributed by atoms with van der Waals surface area (Å²) in [6.45, 7) is 3.68. The molecule has 1 fully saturated rings. The van der Waals surface area contributed by atoms with Crippen molar-refractivity contribution in [3.05, 3.63) is 0 Å². The van der Waals surface area contributed by atoms with Gasteiger partial charge in [-0.1, -0.05) is 13.3 Å². The molecular weight excluding hydrogens is 248 g/mol. The predicted octanol–water partition coefficient (Wildman–Crippen LogP) is 0.504. The first-order valence-electron chi connectivity index (χ1n) is 6.66. The quantitative estimate of drug-likeness (QED) is 0.653. The Morgan fingerprint density at radius 3 is 2.37 bits per heavy atom. The van der Waals surface area contributed by atoms with Gasteiger partial charge in [0.2, 0.25) is 11.8 Å². The molecule has 0 heterocycles. The van der Waals surface area contributed by atoms with Crippen molar-refractivity contribution < 1.29 is 19.5 Å². The van der Waals surface area contributed by atoms with Crippen LogP contribution in [0.4, 0.5) is 0 Å². The van der Waals surface area contributed by atoms with E-state index in [0.717, 1.165) is 6.42 Å². The van der Waals surface area contributed by atoms with E-state index in [4.69, 9.17) is 5.73 Å². The third-order valence-corrected chi connectivity index (χ3v) is 3.79. The molecule has 2 amide bonds. The number of hydrogen-bond donors (Lipinski definition) is 3. The van der Waals surface area contributed by atoms with Crippen LogP contribution in [0.1, 0.15) is 39.5 Å². The fourth-order valence-corrected chi connectivity index (χ4v) is 2.74. The summed E-state index contributed by atoms with van der Waals surface area (Å²) in [5.41, 5.74) is 5.06. The van der Waals surface area contributed by atoms with Gasteiger partial charge >= 0.3 is 5.97 Å². The van der Waals surface area contributed by atoms with Crippen LogP contribution < -0.4 is 11.1 Å². The lowest BCUT2D eigenvalue weighted by Gasteiger charge is -2.18.